The lowest BCUT2D eigenvalue weighted by Crippen LogP contribution is -2.22. The highest BCUT2D eigenvalue weighted by Crippen LogP contribution is 2.16. The molecular formula is C9H11N3O5S. The van der Waals surface area contributed by atoms with Crippen molar-refractivity contribution in [3.8, 4) is 0 Å². The lowest BCUT2D eigenvalue weighted by Gasteiger charge is -2.08. The number of amides is 2. The Kier molecular flexibility index (Phi) is 4.10. The summed E-state index contributed by atoms with van der Waals surface area (Å²) in [6.07, 6.45) is 0. The molecule has 0 bridgehead atoms. The van der Waals surface area contributed by atoms with E-state index in [9.17, 15) is 18.0 Å². The van der Waals surface area contributed by atoms with Crippen molar-refractivity contribution < 1.29 is 23.1 Å². The Hall–Kier alpha value is -2.29. The number of carboxylic acids is 1. The summed E-state index contributed by atoms with van der Waals surface area (Å²) in [4.78, 5) is 20.9. The minimum Gasteiger partial charge on any atom is -0.480 e. The van der Waals surface area contributed by atoms with Crippen LogP contribution in [0.3, 0.4) is 0 Å². The van der Waals surface area contributed by atoms with Gasteiger partial charge in [0.05, 0.1) is 5.69 Å². The summed E-state index contributed by atoms with van der Waals surface area (Å²) in [6, 6.07) is 4.90. The van der Waals surface area contributed by atoms with Crippen LogP contribution in [-0.4, -0.2) is 31.3 Å². The SMILES string of the molecule is NC(=O)Nc1cccc(NS(=O)(=O)CC(=O)O)c1. The zero-order chi connectivity index (χ0) is 13.8. The second kappa shape index (κ2) is 5.36. The maximum Gasteiger partial charge on any atom is 0.320 e. The van der Waals surface area contributed by atoms with Crippen LogP contribution in [0.4, 0.5) is 16.2 Å². The quantitative estimate of drug-likeness (QED) is 0.598. The highest BCUT2D eigenvalue weighted by molar-refractivity contribution is 7.93. The summed E-state index contributed by atoms with van der Waals surface area (Å²) in [7, 11) is -3.97. The van der Waals surface area contributed by atoms with Crippen molar-refractivity contribution >= 4 is 33.4 Å². The van der Waals surface area contributed by atoms with E-state index < -0.39 is 27.8 Å². The Balaban J connectivity index is 2.85. The van der Waals surface area contributed by atoms with Crippen LogP contribution in [0.5, 0.6) is 0 Å². The number of carbonyl (C=O) groups is 2. The molecule has 5 N–H and O–H groups in total. The second-order valence-electron chi connectivity index (χ2n) is 3.32. The van der Waals surface area contributed by atoms with E-state index >= 15 is 0 Å². The first-order chi connectivity index (χ1) is 8.28. The van der Waals surface area contributed by atoms with Crippen molar-refractivity contribution in [2.75, 3.05) is 15.8 Å². The van der Waals surface area contributed by atoms with Crippen molar-refractivity contribution in [2.24, 2.45) is 5.73 Å². The summed E-state index contributed by atoms with van der Waals surface area (Å²) >= 11 is 0. The first-order valence-corrected chi connectivity index (χ1v) is 6.32. The number of rotatable bonds is 5. The van der Waals surface area contributed by atoms with E-state index in [4.69, 9.17) is 10.8 Å². The molecule has 1 aromatic rings. The van der Waals surface area contributed by atoms with Crippen molar-refractivity contribution in [1.29, 1.82) is 0 Å². The highest BCUT2D eigenvalue weighted by atomic mass is 32.2. The number of nitrogens with one attached hydrogen (secondary N) is 2. The normalized spacial score (nSPS) is 10.7. The molecule has 0 atom stereocenters. The Morgan fingerprint density at radius 2 is 1.89 bits per heavy atom. The van der Waals surface area contributed by atoms with Crippen molar-refractivity contribution in [1.82, 2.24) is 0 Å². The summed E-state index contributed by atoms with van der Waals surface area (Å²) < 4.78 is 24.7. The van der Waals surface area contributed by atoms with Gasteiger partial charge in [0.2, 0.25) is 10.0 Å². The molecular weight excluding hydrogens is 262 g/mol. The number of aliphatic carboxylic acids is 1. The van der Waals surface area contributed by atoms with Crippen molar-refractivity contribution in [3.63, 3.8) is 0 Å². The Labute approximate surface area is 103 Å². The number of carbonyl (C=O) groups excluding carboxylic acids is 1. The van der Waals surface area contributed by atoms with Crippen LogP contribution >= 0.6 is 0 Å². The minimum atomic E-state index is -3.97. The minimum absolute atomic E-state index is 0.127. The number of hydrogen-bond donors (Lipinski definition) is 4. The van der Waals surface area contributed by atoms with Crippen LogP contribution in [0.1, 0.15) is 0 Å². The van der Waals surface area contributed by atoms with Gasteiger partial charge in [0.25, 0.3) is 0 Å². The fourth-order valence-electron chi connectivity index (χ4n) is 1.18. The van der Waals surface area contributed by atoms with E-state index in [1.807, 2.05) is 0 Å². The second-order valence-corrected chi connectivity index (χ2v) is 5.05. The van der Waals surface area contributed by atoms with Gasteiger partial charge in [-0.2, -0.15) is 0 Å². The van der Waals surface area contributed by atoms with Crippen LogP contribution in [0.15, 0.2) is 24.3 Å². The zero-order valence-electron chi connectivity index (χ0n) is 9.08. The van der Waals surface area contributed by atoms with E-state index in [1.165, 1.54) is 24.3 Å². The van der Waals surface area contributed by atoms with Crippen molar-refractivity contribution in [3.05, 3.63) is 24.3 Å². The van der Waals surface area contributed by atoms with Gasteiger partial charge < -0.3 is 16.2 Å². The third-order valence-corrected chi connectivity index (χ3v) is 2.89. The molecule has 1 rings (SSSR count). The van der Waals surface area contributed by atoms with Gasteiger partial charge in [-0.1, -0.05) is 6.07 Å². The molecule has 9 heteroatoms. The first kappa shape index (κ1) is 13.8. The molecule has 18 heavy (non-hydrogen) atoms. The van der Waals surface area contributed by atoms with E-state index in [-0.39, 0.29) is 11.4 Å². The molecule has 8 nitrogen and oxygen atoms in total. The van der Waals surface area contributed by atoms with Gasteiger partial charge in [0.15, 0.2) is 5.75 Å². The predicted octanol–water partition coefficient (Wildman–Crippen LogP) is 0.00350. The molecule has 2 amide bonds. The summed E-state index contributed by atoms with van der Waals surface area (Å²) in [5.74, 6) is -2.51. The maximum absolute atomic E-state index is 11.3. The van der Waals surface area contributed by atoms with E-state index in [2.05, 4.69) is 10.0 Å². The van der Waals surface area contributed by atoms with Gasteiger partial charge in [0, 0.05) is 5.69 Å². The molecule has 0 unspecified atom stereocenters. The maximum atomic E-state index is 11.3. The Morgan fingerprint density at radius 3 is 2.44 bits per heavy atom. The van der Waals surface area contributed by atoms with Gasteiger partial charge in [-0.15, -0.1) is 0 Å². The van der Waals surface area contributed by atoms with Crippen LogP contribution in [-0.2, 0) is 14.8 Å². The molecule has 0 aromatic heterocycles. The van der Waals surface area contributed by atoms with Gasteiger partial charge in [-0.05, 0) is 18.2 Å². The Morgan fingerprint density at radius 1 is 1.28 bits per heavy atom. The zero-order valence-corrected chi connectivity index (χ0v) is 9.90. The summed E-state index contributed by atoms with van der Waals surface area (Å²) in [5, 5.41) is 10.7. The Bertz CT molecular complexity index is 569. The number of primary amides is 1. The van der Waals surface area contributed by atoms with E-state index in [1.54, 1.807) is 0 Å². The standard InChI is InChI=1S/C9H11N3O5S/c10-9(15)11-6-2-1-3-7(4-6)12-18(16,17)5-8(13)14/h1-4,12H,5H2,(H,13,14)(H3,10,11,15). The van der Waals surface area contributed by atoms with Gasteiger partial charge in [-0.25, -0.2) is 13.2 Å². The number of nitrogens with two attached hydrogens (primary N) is 1. The monoisotopic (exact) mass is 273 g/mol. The number of carboxylic acid groups (broad SMARTS) is 1. The summed E-state index contributed by atoms with van der Waals surface area (Å²) in [5.41, 5.74) is 5.32. The molecule has 0 aliphatic carbocycles. The predicted molar refractivity (Wildman–Crippen MR) is 64.7 cm³/mol. The third-order valence-electron chi connectivity index (χ3n) is 1.72. The molecule has 0 saturated carbocycles. The molecule has 0 heterocycles. The molecule has 0 saturated heterocycles. The first-order valence-electron chi connectivity index (χ1n) is 4.67. The largest absolute Gasteiger partial charge is 0.480 e. The molecule has 0 fully saturated rings. The third kappa shape index (κ3) is 4.70. The fourth-order valence-corrected chi connectivity index (χ4v) is 2.06. The molecule has 0 aliphatic rings. The van der Waals surface area contributed by atoms with Gasteiger partial charge >= 0.3 is 12.0 Å². The number of urea groups is 1. The van der Waals surface area contributed by atoms with E-state index in [0.29, 0.717) is 0 Å². The number of benzene rings is 1. The molecule has 0 spiro atoms. The number of anilines is 2. The average Bonchev–Trinajstić information content (AvgIpc) is 2.13. The van der Waals surface area contributed by atoms with Crippen LogP contribution in [0.25, 0.3) is 0 Å². The van der Waals surface area contributed by atoms with Crippen LogP contribution < -0.4 is 15.8 Å². The topological polar surface area (TPSA) is 139 Å². The highest BCUT2D eigenvalue weighted by Gasteiger charge is 2.15. The fraction of sp³-hybridized carbons (Fsp3) is 0.111. The lowest BCUT2D eigenvalue weighted by atomic mass is 10.3. The van der Waals surface area contributed by atoms with Crippen LogP contribution in [0.2, 0.25) is 0 Å². The number of sulfonamides is 1. The average molecular weight is 273 g/mol. The number of hydrogen-bond acceptors (Lipinski definition) is 4. The van der Waals surface area contributed by atoms with Crippen molar-refractivity contribution in [2.45, 2.75) is 0 Å². The van der Waals surface area contributed by atoms with Gasteiger partial charge in [-0.3, -0.25) is 9.52 Å². The molecule has 0 radical (unpaired) electrons. The molecule has 1 aromatic carbocycles. The van der Waals surface area contributed by atoms with Gasteiger partial charge in [0.1, 0.15) is 0 Å². The van der Waals surface area contributed by atoms with E-state index in [0.717, 1.165) is 0 Å². The molecule has 0 aliphatic heterocycles. The molecule has 98 valence electrons. The summed E-state index contributed by atoms with van der Waals surface area (Å²) in [6.45, 7) is 0. The smallest absolute Gasteiger partial charge is 0.320 e. The van der Waals surface area contributed by atoms with Crippen LogP contribution in [0, 0.1) is 0 Å². The lowest BCUT2D eigenvalue weighted by molar-refractivity contribution is -0.134.